The van der Waals surface area contributed by atoms with Gasteiger partial charge in [-0.05, 0) is 33.3 Å². The summed E-state index contributed by atoms with van der Waals surface area (Å²) < 4.78 is 5.04. The van der Waals surface area contributed by atoms with Crippen LogP contribution in [0, 0.1) is 0 Å². The minimum Gasteiger partial charge on any atom is -0.443 e. The van der Waals surface area contributed by atoms with E-state index in [1.54, 1.807) is 51.1 Å². The number of nitrogens with zero attached hydrogens (tertiary/aromatic N) is 1. The molecule has 1 aromatic carbocycles. The fourth-order valence-corrected chi connectivity index (χ4v) is 2.50. The Morgan fingerprint density at radius 2 is 1.50 bits per heavy atom. The highest BCUT2D eigenvalue weighted by molar-refractivity contribution is 6.35. The van der Waals surface area contributed by atoms with Gasteiger partial charge in [-0.3, -0.25) is 24.6 Å². The maximum atomic E-state index is 12.6. The third kappa shape index (κ3) is 9.45. The third-order valence-electron chi connectivity index (χ3n) is 3.96. The van der Waals surface area contributed by atoms with Crippen LogP contribution in [0.1, 0.15) is 33.3 Å². The number of amides is 5. The van der Waals surface area contributed by atoms with Crippen molar-refractivity contribution in [3.63, 3.8) is 0 Å². The van der Waals surface area contributed by atoms with Crippen molar-refractivity contribution in [2.75, 3.05) is 14.1 Å². The lowest BCUT2D eigenvalue weighted by atomic mass is 10.1. The molecule has 0 aliphatic carbocycles. The Morgan fingerprint density at radius 1 is 0.938 bits per heavy atom. The highest BCUT2D eigenvalue weighted by atomic mass is 16.6. The van der Waals surface area contributed by atoms with Gasteiger partial charge < -0.3 is 20.3 Å². The average Bonchev–Trinajstić information content (AvgIpc) is 2.70. The Kier molecular flexibility index (Phi) is 9.64. The first-order valence-corrected chi connectivity index (χ1v) is 9.95. The van der Waals surface area contributed by atoms with Crippen LogP contribution >= 0.6 is 0 Å². The topological polar surface area (TPSA) is 146 Å². The quantitative estimate of drug-likeness (QED) is 0.351. The van der Waals surface area contributed by atoms with E-state index < -0.39 is 47.4 Å². The van der Waals surface area contributed by atoms with Crippen molar-refractivity contribution >= 4 is 29.7 Å². The van der Waals surface area contributed by atoms with E-state index in [1.807, 2.05) is 0 Å². The maximum Gasteiger partial charge on any atom is 0.426 e. The van der Waals surface area contributed by atoms with E-state index in [9.17, 15) is 24.0 Å². The van der Waals surface area contributed by atoms with Crippen molar-refractivity contribution in [3.8, 4) is 0 Å². The lowest BCUT2D eigenvalue weighted by molar-refractivity contribution is -0.142. The van der Waals surface area contributed by atoms with Gasteiger partial charge >= 0.3 is 17.9 Å². The standard InChI is InChI=1S/C21H31N5O6/c1-13(19(30)26(5)6)22-17(28)18(29)23-15(12-14-10-8-7-9-11-14)16(27)24-25-20(31)32-21(2,3)4/h7-11,13,15H,12H2,1-6H3,(H,22,28)(H,23,29)(H,24,27)(H,25,31)/t13-,15-/m0/s1. The van der Waals surface area contributed by atoms with Crippen molar-refractivity contribution in [1.82, 2.24) is 26.4 Å². The molecular formula is C21H31N5O6. The van der Waals surface area contributed by atoms with E-state index in [2.05, 4.69) is 21.5 Å². The number of hydrogen-bond acceptors (Lipinski definition) is 6. The minimum absolute atomic E-state index is 0.0495. The third-order valence-corrected chi connectivity index (χ3v) is 3.96. The molecule has 11 nitrogen and oxygen atoms in total. The number of carbonyl (C=O) groups excluding carboxylic acids is 5. The highest BCUT2D eigenvalue weighted by Crippen LogP contribution is 2.06. The summed E-state index contributed by atoms with van der Waals surface area (Å²) in [5.74, 6) is -3.33. The van der Waals surface area contributed by atoms with Gasteiger partial charge in [-0.2, -0.15) is 0 Å². The normalized spacial score (nSPS) is 12.6. The van der Waals surface area contributed by atoms with Gasteiger partial charge in [0.1, 0.15) is 17.7 Å². The molecule has 176 valence electrons. The number of ether oxygens (including phenoxy) is 1. The number of likely N-dealkylation sites (N-methyl/N-ethyl adjacent to an activating group) is 1. The summed E-state index contributed by atoms with van der Waals surface area (Å²) >= 11 is 0. The van der Waals surface area contributed by atoms with Crippen LogP contribution in [0.3, 0.4) is 0 Å². The smallest absolute Gasteiger partial charge is 0.426 e. The Balaban J connectivity index is 2.84. The second kappa shape index (κ2) is 11.7. The van der Waals surface area contributed by atoms with E-state index in [0.29, 0.717) is 5.56 Å². The number of nitrogens with one attached hydrogen (secondary N) is 4. The summed E-state index contributed by atoms with van der Waals surface area (Å²) in [5.41, 5.74) is 4.21. The average molecular weight is 450 g/mol. The van der Waals surface area contributed by atoms with Gasteiger partial charge in [0, 0.05) is 20.5 Å². The molecule has 0 unspecified atom stereocenters. The lowest BCUT2D eigenvalue weighted by Gasteiger charge is -2.22. The number of benzene rings is 1. The largest absolute Gasteiger partial charge is 0.443 e. The Morgan fingerprint density at radius 3 is 2.03 bits per heavy atom. The van der Waals surface area contributed by atoms with Crippen LogP contribution in [0.2, 0.25) is 0 Å². The molecule has 0 heterocycles. The molecule has 0 aromatic heterocycles. The Bertz CT molecular complexity index is 835. The first kappa shape index (κ1) is 26.4. The van der Waals surface area contributed by atoms with Gasteiger partial charge in [-0.1, -0.05) is 30.3 Å². The molecule has 0 saturated heterocycles. The molecule has 0 bridgehead atoms. The number of rotatable bonds is 6. The van der Waals surface area contributed by atoms with E-state index in [4.69, 9.17) is 4.74 Å². The molecular weight excluding hydrogens is 418 g/mol. The molecule has 4 N–H and O–H groups in total. The zero-order valence-corrected chi connectivity index (χ0v) is 19.1. The molecule has 0 radical (unpaired) electrons. The Labute approximate surface area is 187 Å². The summed E-state index contributed by atoms with van der Waals surface area (Å²) in [6, 6.07) is 6.66. The van der Waals surface area contributed by atoms with Gasteiger partial charge in [-0.25, -0.2) is 10.2 Å². The van der Waals surface area contributed by atoms with E-state index in [-0.39, 0.29) is 6.42 Å². The summed E-state index contributed by atoms with van der Waals surface area (Å²) in [5, 5.41) is 4.61. The van der Waals surface area contributed by atoms with E-state index in [1.165, 1.54) is 25.9 Å². The zero-order valence-electron chi connectivity index (χ0n) is 19.1. The van der Waals surface area contributed by atoms with Crippen LogP contribution < -0.4 is 21.5 Å². The van der Waals surface area contributed by atoms with Gasteiger partial charge in [-0.15, -0.1) is 0 Å². The van der Waals surface area contributed by atoms with E-state index >= 15 is 0 Å². The van der Waals surface area contributed by atoms with Gasteiger partial charge in [0.05, 0.1) is 0 Å². The molecule has 32 heavy (non-hydrogen) atoms. The number of hydrazine groups is 1. The van der Waals surface area contributed by atoms with Crippen LogP contribution in [0.25, 0.3) is 0 Å². The number of hydrogen-bond donors (Lipinski definition) is 4. The SMILES string of the molecule is C[C@H](NC(=O)C(=O)N[C@@H](Cc1ccccc1)C(=O)NNC(=O)OC(C)(C)C)C(=O)N(C)C. The summed E-state index contributed by atoms with van der Waals surface area (Å²) in [6.45, 7) is 6.42. The first-order valence-electron chi connectivity index (χ1n) is 9.95. The molecule has 5 amide bonds. The van der Waals surface area contributed by atoms with Crippen molar-refractivity contribution in [3.05, 3.63) is 35.9 Å². The lowest BCUT2D eigenvalue weighted by Crippen LogP contribution is -2.57. The van der Waals surface area contributed by atoms with Crippen LogP contribution in [-0.4, -0.2) is 66.4 Å². The van der Waals surface area contributed by atoms with Crippen LogP contribution in [-0.2, 0) is 30.3 Å². The second-order valence-electron chi connectivity index (χ2n) is 8.26. The predicted molar refractivity (Wildman–Crippen MR) is 116 cm³/mol. The second-order valence-corrected chi connectivity index (χ2v) is 8.26. The fraction of sp³-hybridized carbons (Fsp3) is 0.476. The van der Waals surface area contributed by atoms with Gasteiger partial charge in [0.25, 0.3) is 5.91 Å². The maximum absolute atomic E-state index is 12.6. The van der Waals surface area contributed by atoms with Gasteiger partial charge in [0.2, 0.25) is 5.91 Å². The van der Waals surface area contributed by atoms with Crippen molar-refractivity contribution in [2.24, 2.45) is 0 Å². The monoisotopic (exact) mass is 449 g/mol. The van der Waals surface area contributed by atoms with Crippen molar-refractivity contribution < 1.29 is 28.7 Å². The molecule has 0 saturated carbocycles. The van der Waals surface area contributed by atoms with Crippen molar-refractivity contribution in [1.29, 1.82) is 0 Å². The van der Waals surface area contributed by atoms with Crippen LogP contribution in [0.5, 0.6) is 0 Å². The van der Waals surface area contributed by atoms with Crippen LogP contribution in [0.4, 0.5) is 4.79 Å². The molecule has 1 rings (SSSR count). The van der Waals surface area contributed by atoms with Gasteiger partial charge in [0.15, 0.2) is 0 Å². The zero-order chi connectivity index (χ0) is 24.5. The molecule has 0 fully saturated rings. The number of carbonyl (C=O) groups is 5. The fourth-order valence-electron chi connectivity index (χ4n) is 2.50. The molecule has 0 spiro atoms. The summed E-state index contributed by atoms with van der Waals surface area (Å²) in [4.78, 5) is 62.1. The molecule has 2 atom stereocenters. The highest BCUT2D eigenvalue weighted by Gasteiger charge is 2.27. The Hall–Kier alpha value is -3.63. The predicted octanol–water partition coefficient (Wildman–Crippen LogP) is -0.137. The molecule has 11 heteroatoms. The molecule has 1 aromatic rings. The summed E-state index contributed by atoms with van der Waals surface area (Å²) in [7, 11) is 3.03. The minimum atomic E-state index is -1.19. The van der Waals surface area contributed by atoms with Crippen LogP contribution in [0.15, 0.2) is 30.3 Å². The van der Waals surface area contributed by atoms with E-state index in [0.717, 1.165) is 0 Å². The molecule has 0 aliphatic heterocycles. The first-order chi connectivity index (χ1) is 14.8. The van der Waals surface area contributed by atoms with Crippen molar-refractivity contribution in [2.45, 2.75) is 51.8 Å². The summed E-state index contributed by atoms with van der Waals surface area (Å²) in [6.07, 6.45) is -0.835. The molecule has 0 aliphatic rings.